The van der Waals surface area contributed by atoms with Crippen molar-refractivity contribution in [3.8, 4) is 0 Å². The van der Waals surface area contributed by atoms with Crippen LogP contribution >= 0.6 is 27.3 Å². The summed E-state index contributed by atoms with van der Waals surface area (Å²) in [4.78, 5) is 39.7. The van der Waals surface area contributed by atoms with Crippen LogP contribution in [0.4, 0.5) is 17.5 Å². The molecule has 1 saturated carbocycles. The zero-order valence-electron chi connectivity index (χ0n) is 21.6. The van der Waals surface area contributed by atoms with E-state index in [0.29, 0.717) is 24.8 Å². The lowest BCUT2D eigenvalue weighted by Crippen LogP contribution is -2.50. The number of piperazine rings is 1. The third kappa shape index (κ3) is 6.91. The van der Waals surface area contributed by atoms with Gasteiger partial charge >= 0.3 is 0 Å². The highest BCUT2D eigenvalue weighted by Gasteiger charge is 2.30. The van der Waals surface area contributed by atoms with E-state index in [1.165, 1.54) is 12.8 Å². The minimum absolute atomic E-state index is 0.0297. The molecule has 0 bridgehead atoms. The van der Waals surface area contributed by atoms with Gasteiger partial charge in [0.2, 0.25) is 17.8 Å². The van der Waals surface area contributed by atoms with E-state index in [1.54, 1.807) is 11.3 Å². The average Bonchev–Trinajstić information content (AvgIpc) is 3.60. The maximum atomic E-state index is 12.8. The van der Waals surface area contributed by atoms with Gasteiger partial charge in [0.1, 0.15) is 5.82 Å². The molecule has 3 heterocycles. The van der Waals surface area contributed by atoms with Crippen molar-refractivity contribution in [3.63, 3.8) is 0 Å². The molecule has 1 aliphatic carbocycles. The summed E-state index contributed by atoms with van der Waals surface area (Å²) in [5.74, 6) is 2.01. The van der Waals surface area contributed by atoms with Crippen molar-refractivity contribution in [2.24, 2.45) is 5.92 Å². The van der Waals surface area contributed by atoms with Crippen molar-refractivity contribution in [1.82, 2.24) is 14.9 Å². The van der Waals surface area contributed by atoms with E-state index in [2.05, 4.69) is 36.4 Å². The minimum atomic E-state index is -0.0297. The van der Waals surface area contributed by atoms with E-state index in [0.717, 1.165) is 71.1 Å². The summed E-state index contributed by atoms with van der Waals surface area (Å²) in [6, 6.07) is 11.8. The van der Waals surface area contributed by atoms with Crippen molar-refractivity contribution >= 4 is 56.5 Å². The summed E-state index contributed by atoms with van der Waals surface area (Å²) in [5.41, 5.74) is 2.76. The number of amides is 2. The van der Waals surface area contributed by atoms with Gasteiger partial charge in [-0.25, -0.2) is 4.98 Å². The molecule has 10 heteroatoms. The monoisotopic (exact) mass is 596 g/mol. The molecule has 2 aliphatic rings. The number of benzene rings is 1. The Hall–Kier alpha value is -2.98. The SMILES string of the molecule is Cc1cc(NCc2ccc(NC(=O)Cc3cc(Br)cs3)cc2)nc(N2CCN(C(=O)C3CCCC3)CC2)n1. The van der Waals surface area contributed by atoms with Gasteiger partial charge in [-0.15, -0.1) is 11.3 Å². The first-order valence-corrected chi connectivity index (χ1v) is 14.9. The molecule has 1 aromatic carbocycles. The predicted molar refractivity (Wildman–Crippen MR) is 156 cm³/mol. The van der Waals surface area contributed by atoms with Gasteiger partial charge < -0.3 is 20.4 Å². The minimum Gasteiger partial charge on any atom is -0.366 e. The molecule has 2 amide bonds. The topological polar surface area (TPSA) is 90.5 Å². The first kappa shape index (κ1) is 26.6. The number of carbonyl (C=O) groups is 2. The Labute approximate surface area is 236 Å². The average molecular weight is 598 g/mol. The lowest BCUT2D eigenvalue weighted by atomic mass is 10.1. The molecule has 0 radical (unpaired) electrons. The van der Waals surface area contributed by atoms with Crippen LogP contribution in [0.1, 0.15) is 41.8 Å². The van der Waals surface area contributed by atoms with Crippen LogP contribution in [-0.4, -0.2) is 52.9 Å². The zero-order chi connectivity index (χ0) is 26.5. The summed E-state index contributed by atoms with van der Waals surface area (Å²) >= 11 is 4.99. The van der Waals surface area contributed by atoms with E-state index in [-0.39, 0.29) is 11.8 Å². The molecule has 38 heavy (non-hydrogen) atoms. The number of halogens is 1. The lowest BCUT2D eigenvalue weighted by molar-refractivity contribution is -0.135. The molecular formula is C28H33BrN6O2S. The van der Waals surface area contributed by atoms with Gasteiger partial charge in [0.05, 0.1) is 6.42 Å². The van der Waals surface area contributed by atoms with Gasteiger partial charge in [0.15, 0.2) is 0 Å². The number of thiophene rings is 1. The summed E-state index contributed by atoms with van der Waals surface area (Å²) < 4.78 is 1.00. The van der Waals surface area contributed by atoms with Crippen molar-refractivity contribution < 1.29 is 9.59 Å². The van der Waals surface area contributed by atoms with Crippen LogP contribution in [0.25, 0.3) is 0 Å². The Morgan fingerprint density at radius 3 is 2.47 bits per heavy atom. The second kappa shape index (κ2) is 12.3. The van der Waals surface area contributed by atoms with Crippen molar-refractivity contribution in [1.29, 1.82) is 0 Å². The number of rotatable bonds is 8. The van der Waals surface area contributed by atoms with E-state index >= 15 is 0 Å². The number of nitrogens with zero attached hydrogens (tertiary/aromatic N) is 4. The third-order valence-electron chi connectivity index (χ3n) is 7.09. The van der Waals surface area contributed by atoms with Gasteiger partial charge in [-0.05, 0) is 59.5 Å². The lowest BCUT2D eigenvalue weighted by Gasteiger charge is -2.36. The zero-order valence-corrected chi connectivity index (χ0v) is 24.0. The molecule has 1 aliphatic heterocycles. The molecule has 0 spiro atoms. The van der Waals surface area contributed by atoms with Crippen LogP contribution in [0.2, 0.25) is 0 Å². The quantitative estimate of drug-likeness (QED) is 0.369. The standard InChI is InChI=1S/C28H33BrN6O2S/c1-19-14-25(33-28(31-19)35-12-10-34(11-13-35)27(37)21-4-2-3-5-21)30-17-20-6-8-23(9-7-20)32-26(36)16-24-15-22(29)18-38-24/h6-9,14-15,18,21H,2-5,10-13,16-17H2,1H3,(H,32,36)(H,30,31,33). The van der Waals surface area contributed by atoms with Crippen LogP contribution in [0.3, 0.4) is 0 Å². The van der Waals surface area contributed by atoms with Gasteiger partial charge in [0.25, 0.3) is 0 Å². The first-order valence-electron chi connectivity index (χ1n) is 13.2. The number of hydrogen-bond acceptors (Lipinski definition) is 7. The molecule has 2 fully saturated rings. The molecule has 8 nitrogen and oxygen atoms in total. The number of aromatic nitrogens is 2. The van der Waals surface area contributed by atoms with Crippen molar-refractivity contribution in [3.05, 3.63) is 62.4 Å². The second-order valence-corrected chi connectivity index (χ2v) is 11.9. The van der Waals surface area contributed by atoms with Crippen LogP contribution in [0.15, 0.2) is 46.3 Å². The van der Waals surface area contributed by atoms with Crippen LogP contribution < -0.4 is 15.5 Å². The van der Waals surface area contributed by atoms with E-state index in [4.69, 9.17) is 4.98 Å². The smallest absolute Gasteiger partial charge is 0.229 e. The number of carbonyl (C=O) groups excluding carboxylic acids is 2. The van der Waals surface area contributed by atoms with Gasteiger partial charge in [-0.3, -0.25) is 9.59 Å². The maximum Gasteiger partial charge on any atom is 0.229 e. The Balaban J connectivity index is 1.12. The van der Waals surface area contributed by atoms with E-state index in [9.17, 15) is 9.59 Å². The van der Waals surface area contributed by atoms with Gasteiger partial charge in [-0.1, -0.05) is 25.0 Å². The fourth-order valence-corrected chi connectivity index (χ4v) is 6.50. The van der Waals surface area contributed by atoms with Crippen LogP contribution in [0, 0.1) is 12.8 Å². The fraction of sp³-hybridized carbons (Fsp3) is 0.429. The normalized spacial score (nSPS) is 16.1. The molecule has 5 rings (SSSR count). The van der Waals surface area contributed by atoms with Crippen molar-refractivity contribution in [2.45, 2.75) is 45.6 Å². The fourth-order valence-electron chi connectivity index (χ4n) is 5.05. The Morgan fingerprint density at radius 2 is 1.79 bits per heavy atom. The van der Waals surface area contributed by atoms with Crippen LogP contribution in [0.5, 0.6) is 0 Å². The first-order chi connectivity index (χ1) is 18.4. The number of aryl methyl sites for hydroxylation is 1. The van der Waals surface area contributed by atoms with Gasteiger partial charge in [-0.2, -0.15) is 4.98 Å². The molecular weight excluding hydrogens is 564 g/mol. The summed E-state index contributed by atoms with van der Waals surface area (Å²) in [7, 11) is 0. The van der Waals surface area contributed by atoms with E-state index in [1.807, 2.05) is 53.6 Å². The molecule has 3 aromatic rings. The largest absolute Gasteiger partial charge is 0.366 e. The number of nitrogens with one attached hydrogen (secondary N) is 2. The number of hydrogen-bond donors (Lipinski definition) is 2. The van der Waals surface area contributed by atoms with Crippen LogP contribution in [-0.2, 0) is 22.6 Å². The molecule has 2 aromatic heterocycles. The molecule has 0 unspecified atom stereocenters. The predicted octanol–water partition coefficient (Wildman–Crippen LogP) is 5.24. The molecule has 200 valence electrons. The van der Waals surface area contributed by atoms with Gasteiger partial charge in [0, 0.05) is 70.8 Å². The molecule has 2 N–H and O–H groups in total. The summed E-state index contributed by atoms with van der Waals surface area (Å²) in [6.45, 7) is 5.53. The third-order valence-corrected chi connectivity index (χ3v) is 8.79. The maximum absolute atomic E-state index is 12.8. The van der Waals surface area contributed by atoms with E-state index < -0.39 is 0 Å². The second-order valence-electron chi connectivity index (χ2n) is 9.99. The summed E-state index contributed by atoms with van der Waals surface area (Å²) in [6.07, 6.45) is 4.80. The Morgan fingerprint density at radius 1 is 1.05 bits per heavy atom. The highest BCUT2D eigenvalue weighted by molar-refractivity contribution is 9.10. The highest BCUT2D eigenvalue weighted by Crippen LogP contribution is 2.27. The summed E-state index contributed by atoms with van der Waals surface area (Å²) in [5, 5.41) is 8.35. The Bertz CT molecular complexity index is 1270. The Kier molecular flexibility index (Phi) is 8.58. The highest BCUT2D eigenvalue weighted by atomic mass is 79.9. The number of anilines is 3. The molecule has 0 atom stereocenters. The molecule has 1 saturated heterocycles. The van der Waals surface area contributed by atoms with Crippen molar-refractivity contribution in [2.75, 3.05) is 41.7 Å².